The lowest BCUT2D eigenvalue weighted by Gasteiger charge is -2.13. The van der Waals surface area contributed by atoms with Crippen molar-refractivity contribution < 1.29 is 8.42 Å². The van der Waals surface area contributed by atoms with Gasteiger partial charge in [-0.2, -0.15) is 5.10 Å². The molecule has 2 aromatic heterocycles. The summed E-state index contributed by atoms with van der Waals surface area (Å²) in [4.78, 5) is 2.27. The highest BCUT2D eigenvalue weighted by molar-refractivity contribution is 7.89. The Kier molecular flexibility index (Phi) is 4.28. The molecule has 2 aromatic rings. The van der Waals surface area contributed by atoms with Gasteiger partial charge in [-0.25, -0.2) is 13.1 Å². The number of hydrogen-bond acceptors (Lipinski definition) is 5. The Labute approximate surface area is 122 Å². The summed E-state index contributed by atoms with van der Waals surface area (Å²) in [5, 5.41) is 6.58. The molecule has 8 heteroatoms. The fourth-order valence-corrected chi connectivity index (χ4v) is 4.55. The van der Waals surface area contributed by atoms with Gasteiger partial charge in [0.2, 0.25) is 10.0 Å². The third kappa shape index (κ3) is 2.93. The van der Waals surface area contributed by atoms with Crippen LogP contribution in [0.4, 0.5) is 0 Å². The molecule has 0 aliphatic carbocycles. The van der Waals surface area contributed by atoms with Crippen LogP contribution in [0.25, 0.3) is 0 Å². The van der Waals surface area contributed by atoms with Gasteiger partial charge in [0.1, 0.15) is 4.90 Å². The fourth-order valence-electron chi connectivity index (χ4n) is 2.00. The molecule has 0 aromatic carbocycles. The van der Waals surface area contributed by atoms with E-state index in [2.05, 4.69) is 14.9 Å². The van der Waals surface area contributed by atoms with Crippen molar-refractivity contribution in [3.63, 3.8) is 0 Å². The van der Waals surface area contributed by atoms with Crippen LogP contribution in [0.15, 0.2) is 17.0 Å². The van der Waals surface area contributed by atoms with Crippen molar-refractivity contribution >= 4 is 21.4 Å². The van der Waals surface area contributed by atoms with Gasteiger partial charge >= 0.3 is 0 Å². The van der Waals surface area contributed by atoms with Gasteiger partial charge in [-0.05, 0) is 32.9 Å². The SMILES string of the molecule is Cc1ccc(C(C)NS(=O)(=O)c2c(CN)n[nH]c2C)s1. The smallest absolute Gasteiger partial charge is 0.244 e. The molecule has 2 heterocycles. The summed E-state index contributed by atoms with van der Waals surface area (Å²) in [6.45, 7) is 5.55. The molecule has 0 bridgehead atoms. The average Bonchev–Trinajstić information content (AvgIpc) is 2.94. The van der Waals surface area contributed by atoms with E-state index in [0.717, 1.165) is 9.75 Å². The molecule has 20 heavy (non-hydrogen) atoms. The number of sulfonamides is 1. The number of thiophene rings is 1. The lowest BCUT2D eigenvalue weighted by molar-refractivity contribution is 0.566. The van der Waals surface area contributed by atoms with E-state index >= 15 is 0 Å². The van der Waals surface area contributed by atoms with Crippen molar-refractivity contribution in [3.8, 4) is 0 Å². The summed E-state index contributed by atoms with van der Waals surface area (Å²) >= 11 is 1.57. The summed E-state index contributed by atoms with van der Waals surface area (Å²) in [5.74, 6) is 0. The normalized spacial score (nSPS) is 13.6. The molecule has 1 atom stereocenters. The molecule has 0 amide bonds. The van der Waals surface area contributed by atoms with Crippen molar-refractivity contribution in [3.05, 3.63) is 33.3 Å². The van der Waals surface area contributed by atoms with Gasteiger partial charge in [-0.1, -0.05) is 0 Å². The van der Waals surface area contributed by atoms with Crippen LogP contribution in [0.3, 0.4) is 0 Å². The minimum absolute atomic E-state index is 0.0765. The van der Waals surface area contributed by atoms with E-state index in [0.29, 0.717) is 11.4 Å². The van der Waals surface area contributed by atoms with E-state index in [1.54, 1.807) is 18.3 Å². The predicted octanol–water partition coefficient (Wildman–Crippen LogP) is 1.59. The van der Waals surface area contributed by atoms with E-state index in [1.165, 1.54) is 0 Å². The van der Waals surface area contributed by atoms with Crippen molar-refractivity contribution in [2.75, 3.05) is 0 Å². The van der Waals surface area contributed by atoms with Crippen LogP contribution >= 0.6 is 11.3 Å². The molecule has 0 saturated heterocycles. The van der Waals surface area contributed by atoms with Crippen LogP contribution in [0, 0.1) is 13.8 Å². The number of hydrogen-bond donors (Lipinski definition) is 3. The molecule has 110 valence electrons. The first kappa shape index (κ1) is 15.2. The monoisotopic (exact) mass is 314 g/mol. The molecule has 0 radical (unpaired) electrons. The van der Waals surface area contributed by atoms with E-state index in [1.807, 2.05) is 26.0 Å². The van der Waals surface area contributed by atoms with E-state index in [9.17, 15) is 8.42 Å². The number of nitrogens with zero attached hydrogens (tertiary/aromatic N) is 1. The standard InChI is InChI=1S/C12H18N4O2S2/c1-7-4-5-11(19-7)8(2)16-20(17,18)12-9(3)14-15-10(12)6-13/h4-5,8,16H,6,13H2,1-3H3,(H,14,15). The summed E-state index contributed by atoms with van der Waals surface area (Å²) in [6.07, 6.45) is 0. The van der Waals surface area contributed by atoms with Gasteiger partial charge in [0, 0.05) is 16.3 Å². The molecular formula is C12H18N4O2S2. The highest BCUT2D eigenvalue weighted by Gasteiger charge is 2.26. The van der Waals surface area contributed by atoms with Crippen LogP contribution in [0.5, 0.6) is 0 Å². The van der Waals surface area contributed by atoms with Crippen molar-refractivity contribution in [2.45, 2.75) is 38.3 Å². The van der Waals surface area contributed by atoms with Crippen LogP contribution in [-0.4, -0.2) is 18.6 Å². The Morgan fingerprint density at radius 2 is 2.15 bits per heavy atom. The summed E-state index contributed by atoms with van der Waals surface area (Å²) in [6, 6.07) is 3.61. The zero-order chi connectivity index (χ0) is 14.9. The van der Waals surface area contributed by atoms with Crippen LogP contribution < -0.4 is 10.5 Å². The minimum Gasteiger partial charge on any atom is -0.325 e. The number of aromatic amines is 1. The van der Waals surface area contributed by atoms with Gasteiger partial charge in [0.15, 0.2) is 0 Å². The minimum atomic E-state index is -3.65. The van der Waals surface area contributed by atoms with E-state index < -0.39 is 10.0 Å². The molecule has 0 fully saturated rings. The first-order valence-corrected chi connectivity index (χ1v) is 8.47. The first-order valence-electron chi connectivity index (χ1n) is 6.17. The molecular weight excluding hydrogens is 296 g/mol. The fraction of sp³-hybridized carbons (Fsp3) is 0.417. The average molecular weight is 314 g/mol. The second-order valence-electron chi connectivity index (χ2n) is 4.62. The van der Waals surface area contributed by atoms with E-state index in [-0.39, 0.29) is 17.5 Å². The number of aromatic nitrogens is 2. The Morgan fingerprint density at radius 1 is 1.45 bits per heavy atom. The molecule has 6 nitrogen and oxygen atoms in total. The highest BCUT2D eigenvalue weighted by Crippen LogP contribution is 2.25. The largest absolute Gasteiger partial charge is 0.325 e. The van der Waals surface area contributed by atoms with E-state index in [4.69, 9.17) is 5.73 Å². The highest BCUT2D eigenvalue weighted by atomic mass is 32.2. The number of aryl methyl sites for hydroxylation is 2. The number of H-pyrrole nitrogens is 1. The van der Waals surface area contributed by atoms with Crippen LogP contribution in [0.1, 0.15) is 34.1 Å². The Morgan fingerprint density at radius 3 is 2.70 bits per heavy atom. The predicted molar refractivity (Wildman–Crippen MR) is 79.0 cm³/mol. The lowest BCUT2D eigenvalue weighted by Crippen LogP contribution is -2.27. The van der Waals surface area contributed by atoms with Crippen LogP contribution in [-0.2, 0) is 16.6 Å². The summed E-state index contributed by atoms with van der Waals surface area (Å²) < 4.78 is 27.6. The van der Waals surface area contributed by atoms with Gasteiger partial charge < -0.3 is 5.73 Å². The summed E-state index contributed by atoms with van der Waals surface area (Å²) in [7, 11) is -3.65. The number of nitrogens with one attached hydrogen (secondary N) is 2. The van der Waals surface area contributed by atoms with Gasteiger partial charge in [-0.15, -0.1) is 11.3 Å². The third-order valence-corrected chi connectivity index (χ3v) is 5.87. The Hall–Kier alpha value is -1.22. The Bertz CT molecular complexity index is 703. The molecule has 4 N–H and O–H groups in total. The molecule has 0 spiro atoms. The molecule has 0 aliphatic heterocycles. The van der Waals surface area contributed by atoms with Gasteiger partial charge in [0.05, 0.1) is 17.4 Å². The van der Waals surface area contributed by atoms with Crippen LogP contribution in [0.2, 0.25) is 0 Å². The maximum Gasteiger partial charge on any atom is 0.244 e. The number of nitrogens with two attached hydrogens (primary N) is 1. The second kappa shape index (κ2) is 5.65. The maximum atomic E-state index is 12.5. The zero-order valence-corrected chi connectivity index (χ0v) is 13.2. The lowest BCUT2D eigenvalue weighted by atomic mass is 10.3. The molecule has 2 rings (SSSR count). The third-order valence-electron chi connectivity index (χ3n) is 2.94. The topological polar surface area (TPSA) is 101 Å². The van der Waals surface area contributed by atoms with Gasteiger partial charge in [0.25, 0.3) is 0 Å². The maximum absolute atomic E-state index is 12.5. The number of rotatable bonds is 5. The molecule has 1 unspecified atom stereocenters. The quantitative estimate of drug-likeness (QED) is 0.780. The second-order valence-corrected chi connectivity index (χ2v) is 7.59. The molecule has 0 aliphatic rings. The van der Waals surface area contributed by atoms with Crippen molar-refractivity contribution in [1.82, 2.24) is 14.9 Å². The van der Waals surface area contributed by atoms with Crippen molar-refractivity contribution in [1.29, 1.82) is 0 Å². The molecule has 0 saturated carbocycles. The zero-order valence-electron chi connectivity index (χ0n) is 11.6. The first-order chi connectivity index (χ1) is 9.35. The Balaban J connectivity index is 2.29. The summed E-state index contributed by atoms with van der Waals surface area (Å²) in [5.41, 5.74) is 6.38. The van der Waals surface area contributed by atoms with Gasteiger partial charge in [-0.3, -0.25) is 5.10 Å². The van der Waals surface area contributed by atoms with Crippen molar-refractivity contribution in [2.24, 2.45) is 5.73 Å².